The Morgan fingerprint density at radius 1 is 1.36 bits per heavy atom. The van der Waals surface area contributed by atoms with Crippen LogP contribution in [0.25, 0.3) is 0 Å². The molecule has 2 nitrogen and oxygen atoms in total. The van der Waals surface area contributed by atoms with Gasteiger partial charge in [-0.3, -0.25) is 4.79 Å². The number of rotatable bonds is 4. The summed E-state index contributed by atoms with van der Waals surface area (Å²) in [5, 5.41) is 3.04. The van der Waals surface area contributed by atoms with E-state index in [9.17, 15) is 4.79 Å². The van der Waals surface area contributed by atoms with Gasteiger partial charge in [0.15, 0.2) is 0 Å². The van der Waals surface area contributed by atoms with Crippen LogP contribution in [-0.4, -0.2) is 10.8 Å². The van der Waals surface area contributed by atoms with Crippen molar-refractivity contribution >= 4 is 23.0 Å². The largest absolute Gasteiger partial charge is 0.375 e. The number of thiocarbonyl (C=S) groups is 1. The molecule has 1 aromatic rings. The van der Waals surface area contributed by atoms with E-state index in [2.05, 4.69) is 5.32 Å². The van der Waals surface area contributed by atoms with Gasteiger partial charge in [0.1, 0.15) is 5.78 Å². The Morgan fingerprint density at radius 3 is 2.57 bits per heavy atom. The molecule has 74 valence electrons. The predicted molar refractivity (Wildman–Crippen MR) is 61.2 cm³/mol. The molecule has 0 saturated carbocycles. The summed E-state index contributed by atoms with van der Waals surface area (Å²) in [6.45, 7) is 2.23. The van der Waals surface area contributed by atoms with Crippen LogP contribution in [-0.2, 0) is 11.3 Å². The molecule has 0 amide bonds. The molecule has 0 heterocycles. The lowest BCUT2D eigenvalue weighted by Gasteiger charge is -2.05. The van der Waals surface area contributed by atoms with Gasteiger partial charge in [-0.25, -0.2) is 0 Å². The number of hydrogen-bond acceptors (Lipinski definition) is 2. The van der Waals surface area contributed by atoms with E-state index in [4.69, 9.17) is 12.2 Å². The first-order valence-corrected chi connectivity index (χ1v) is 4.89. The molecule has 0 atom stereocenters. The fourth-order valence-corrected chi connectivity index (χ4v) is 1.36. The van der Waals surface area contributed by atoms with Crippen LogP contribution in [0.1, 0.15) is 18.9 Å². The number of benzene rings is 1. The van der Waals surface area contributed by atoms with Gasteiger partial charge < -0.3 is 5.32 Å². The van der Waals surface area contributed by atoms with Crippen LogP contribution in [0.2, 0.25) is 0 Å². The van der Waals surface area contributed by atoms with E-state index in [1.807, 2.05) is 30.3 Å². The molecule has 0 spiro atoms. The summed E-state index contributed by atoms with van der Waals surface area (Å²) >= 11 is 5.00. The fraction of sp³-hybridized carbons (Fsp3) is 0.273. The van der Waals surface area contributed by atoms with E-state index < -0.39 is 0 Å². The van der Waals surface area contributed by atoms with Gasteiger partial charge in [0.2, 0.25) is 0 Å². The number of Topliss-reactive ketones (excluding diaryl/α,β-unsaturated/α-hetero) is 1. The zero-order valence-electron chi connectivity index (χ0n) is 8.12. The van der Waals surface area contributed by atoms with Gasteiger partial charge >= 0.3 is 0 Å². The summed E-state index contributed by atoms with van der Waals surface area (Å²) < 4.78 is 0. The third-order valence-electron chi connectivity index (χ3n) is 1.74. The number of hydrogen-bond donors (Lipinski definition) is 1. The highest BCUT2D eigenvalue weighted by atomic mass is 32.1. The van der Waals surface area contributed by atoms with E-state index in [1.165, 1.54) is 12.5 Å². The van der Waals surface area contributed by atoms with Crippen molar-refractivity contribution in [3.8, 4) is 0 Å². The molecule has 14 heavy (non-hydrogen) atoms. The highest BCUT2D eigenvalue weighted by Crippen LogP contribution is 1.97. The van der Waals surface area contributed by atoms with Gasteiger partial charge in [0.05, 0.1) is 11.4 Å². The first-order valence-electron chi connectivity index (χ1n) is 4.48. The summed E-state index contributed by atoms with van der Waals surface area (Å²) in [5.41, 5.74) is 1.17. The zero-order valence-corrected chi connectivity index (χ0v) is 8.93. The second-order valence-electron chi connectivity index (χ2n) is 3.14. The molecule has 0 saturated heterocycles. The van der Waals surface area contributed by atoms with Gasteiger partial charge in [0.25, 0.3) is 0 Å². The van der Waals surface area contributed by atoms with Crippen molar-refractivity contribution in [3.63, 3.8) is 0 Å². The quantitative estimate of drug-likeness (QED) is 0.766. The summed E-state index contributed by atoms with van der Waals surface area (Å²) in [4.78, 5) is 11.4. The predicted octanol–water partition coefficient (Wildman–Crippen LogP) is 2.08. The molecule has 1 rings (SSSR count). The van der Waals surface area contributed by atoms with Gasteiger partial charge in [0, 0.05) is 6.54 Å². The minimum atomic E-state index is 0.0931. The van der Waals surface area contributed by atoms with Crippen LogP contribution in [0.15, 0.2) is 30.3 Å². The van der Waals surface area contributed by atoms with Gasteiger partial charge in [-0.05, 0) is 12.5 Å². The van der Waals surface area contributed by atoms with Crippen LogP contribution in [0.5, 0.6) is 0 Å². The molecule has 0 radical (unpaired) electrons. The SMILES string of the molecule is CC(=O)CC(=S)NCc1ccccc1. The average Bonchev–Trinajstić information content (AvgIpc) is 2.15. The monoisotopic (exact) mass is 207 g/mol. The number of ketones is 1. The molecule has 1 N–H and O–H groups in total. The lowest BCUT2D eigenvalue weighted by Crippen LogP contribution is -2.22. The van der Waals surface area contributed by atoms with E-state index in [1.54, 1.807) is 0 Å². The number of nitrogens with one attached hydrogen (secondary N) is 1. The Hall–Kier alpha value is -1.22. The molecule has 0 aliphatic heterocycles. The van der Waals surface area contributed by atoms with Crippen molar-refractivity contribution in [2.45, 2.75) is 19.9 Å². The molecular weight excluding hydrogens is 194 g/mol. The number of carbonyl (C=O) groups excluding carboxylic acids is 1. The van der Waals surface area contributed by atoms with Crippen LogP contribution in [0.4, 0.5) is 0 Å². The van der Waals surface area contributed by atoms with Crippen molar-refractivity contribution < 1.29 is 4.79 Å². The Balaban J connectivity index is 2.34. The molecule has 0 aliphatic rings. The summed E-state index contributed by atoms with van der Waals surface area (Å²) in [6.07, 6.45) is 0.335. The molecule has 0 unspecified atom stereocenters. The standard InChI is InChI=1S/C11H13NOS/c1-9(13)7-11(14)12-8-10-5-3-2-4-6-10/h2-6H,7-8H2,1H3,(H,12,14). The van der Waals surface area contributed by atoms with E-state index >= 15 is 0 Å². The normalized spacial score (nSPS) is 9.50. The average molecular weight is 207 g/mol. The van der Waals surface area contributed by atoms with E-state index in [-0.39, 0.29) is 5.78 Å². The molecule has 0 fully saturated rings. The van der Waals surface area contributed by atoms with Crippen LogP contribution in [0.3, 0.4) is 0 Å². The molecule has 0 aromatic heterocycles. The molecule has 3 heteroatoms. The Kier molecular flexibility index (Phi) is 4.26. The topological polar surface area (TPSA) is 29.1 Å². The maximum Gasteiger partial charge on any atom is 0.136 e. The second-order valence-corrected chi connectivity index (χ2v) is 3.63. The number of carbonyl (C=O) groups is 1. The second kappa shape index (κ2) is 5.50. The summed E-state index contributed by atoms with van der Waals surface area (Å²) in [7, 11) is 0. The maximum atomic E-state index is 10.7. The minimum Gasteiger partial charge on any atom is -0.375 e. The smallest absolute Gasteiger partial charge is 0.136 e. The van der Waals surface area contributed by atoms with Crippen molar-refractivity contribution in [2.75, 3.05) is 0 Å². The molecule has 0 bridgehead atoms. The van der Waals surface area contributed by atoms with E-state index in [0.29, 0.717) is 18.0 Å². The Labute approximate surface area is 89.3 Å². The van der Waals surface area contributed by atoms with Crippen molar-refractivity contribution in [1.29, 1.82) is 0 Å². The molecule has 1 aromatic carbocycles. The van der Waals surface area contributed by atoms with Gasteiger partial charge in [-0.1, -0.05) is 42.5 Å². The first kappa shape index (κ1) is 10.9. The van der Waals surface area contributed by atoms with Crippen molar-refractivity contribution in [2.24, 2.45) is 0 Å². The van der Waals surface area contributed by atoms with Gasteiger partial charge in [-0.15, -0.1) is 0 Å². The highest BCUT2D eigenvalue weighted by Gasteiger charge is 1.99. The van der Waals surface area contributed by atoms with Crippen LogP contribution in [0, 0.1) is 0 Å². The lowest BCUT2D eigenvalue weighted by molar-refractivity contribution is -0.115. The molecule has 0 aliphatic carbocycles. The van der Waals surface area contributed by atoms with Crippen molar-refractivity contribution in [1.82, 2.24) is 5.32 Å². The Morgan fingerprint density at radius 2 is 2.00 bits per heavy atom. The maximum absolute atomic E-state index is 10.7. The van der Waals surface area contributed by atoms with Gasteiger partial charge in [-0.2, -0.15) is 0 Å². The van der Waals surface area contributed by atoms with Crippen LogP contribution >= 0.6 is 12.2 Å². The van der Waals surface area contributed by atoms with Crippen molar-refractivity contribution in [3.05, 3.63) is 35.9 Å². The lowest BCUT2D eigenvalue weighted by atomic mass is 10.2. The molecular formula is C11H13NOS. The minimum absolute atomic E-state index is 0.0931. The highest BCUT2D eigenvalue weighted by molar-refractivity contribution is 7.80. The summed E-state index contributed by atoms with van der Waals surface area (Å²) in [6, 6.07) is 9.96. The first-order chi connectivity index (χ1) is 6.68. The third-order valence-corrected chi connectivity index (χ3v) is 2.03. The summed E-state index contributed by atoms with van der Waals surface area (Å²) in [5.74, 6) is 0.0931. The zero-order chi connectivity index (χ0) is 10.4. The fourth-order valence-electron chi connectivity index (χ4n) is 1.09. The third kappa shape index (κ3) is 4.14. The Bertz CT molecular complexity index is 321. The van der Waals surface area contributed by atoms with Crippen LogP contribution < -0.4 is 5.32 Å². The van der Waals surface area contributed by atoms with E-state index in [0.717, 1.165) is 0 Å².